The predicted octanol–water partition coefficient (Wildman–Crippen LogP) is 6.19. The van der Waals surface area contributed by atoms with Crippen LogP contribution in [0.15, 0.2) is 60.2 Å². The molecule has 0 aliphatic carbocycles. The molecule has 0 aliphatic heterocycles. The fraction of sp³-hybridized carbons (Fsp3) is 0.154. The van der Waals surface area contributed by atoms with Crippen LogP contribution in [-0.4, -0.2) is 13.0 Å². The maximum absolute atomic E-state index is 13.8. The molecule has 3 aromatic rings. The summed E-state index contributed by atoms with van der Waals surface area (Å²) in [6.45, 7) is 4.14. The number of nitrogens with zero attached hydrogens (tertiary/aromatic N) is 1. The number of para-hydroxylation sites is 1. The van der Waals surface area contributed by atoms with Crippen LogP contribution >= 0.6 is 22.6 Å². The van der Waals surface area contributed by atoms with Crippen LogP contribution in [0.25, 0.3) is 6.08 Å². The van der Waals surface area contributed by atoms with Crippen molar-refractivity contribution >= 4 is 40.3 Å². The van der Waals surface area contributed by atoms with Gasteiger partial charge in [0.25, 0.3) is 5.91 Å². The van der Waals surface area contributed by atoms with Gasteiger partial charge < -0.3 is 10.1 Å². The molecule has 1 N–H and O–H groups in total. The summed E-state index contributed by atoms with van der Waals surface area (Å²) in [5.74, 6) is -0.565. The molecule has 0 aromatic heterocycles. The highest BCUT2D eigenvalue weighted by atomic mass is 127. The van der Waals surface area contributed by atoms with E-state index in [0.717, 1.165) is 9.13 Å². The van der Waals surface area contributed by atoms with Crippen molar-refractivity contribution in [3.63, 3.8) is 0 Å². The number of carbonyl (C=O) groups excluding carboxylic acids is 1. The SMILES string of the molecule is COc1cc(/C=C(\C#N)C(=O)Nc2ccccc2F)cc(I)c1Cc1cc(C)cc(C)c1. The zero-order chi connectivity index (χ0) is 23.3. The van der Waals surface area contributed by atoms with Gasteiger partial charge in [-0.25, -0.2) is 4.39 Å². The summed E-state index contributed by atoms with van der Waals surface area (Å²) in [4.78, 5) is 12.5. The Kier molecular flexibility index (Phi) is 7.65. The molecule has 32 heavy (non-hydrogen) atoms. The summed E-state index contributed by atoms with van der Waals surface area (Å²) in [6.07, 6.45) is 2.17. The number of methoxy groups -OCH3 is 1. The van der Waals surface area contributed by atoms with Gasteiger partial charge in [-0.05, 0) is 77.9 Å². The van der Waals surface area contributed by atoms with Gasteiger partial charge in [-0.3, -0.25) is 4.79 Å². The lowest BCUT2D eigenvalue weighted by molar-refractivity contribution is -0.112. The lowest BCUT2D eigenvalue weighted by Gasteiger charge is -2.14. The maximum atomic E-state index is 13.8. The van der Waals surface area contributed by atoms with Crippen LogP contribution in [0.4, 0.5) is 10.1 Å². The van der Waals surface area contributed by atoms with Gasteiger partial charge >= 0.3 is 0 Å². The molecular weight excluding hydrogens is 518 g/mol. The van der Waals surface area contributed by atoms with Crippen molar-refractivity contribution in [2.45, 2.75) is 20.3 Å². The Morgan fingerprint density at radius 2 is 1.84 bits per heavy atom. The number of anilines is 1. The second-order valence-electron chi connectivity index (χ2n) is 7.46. The van der Waals surface area contributed by atoms with Gasteiger partial charge in [0, 0.05) is 15.6 Å². The lowest BCUT2D eigenvalue weighted by Crippen LogP contribution is -2.14. The Balaban J connectivity index is 1.91. The molecule has 0 unspecified atom stereocenters. The van der Waals surface area contributed by atoms with Crippen molar-refractivity contribution in [2.24, 2.45) is 0 Å². The molecule has 1 amide bonds. The van der Waals surface area contributed by atoms with Crippen molar-refractivity contribution in [1.82, 2.24) is 0 Å². The van der Waals surface area contributed by atoms with E-state index in [1.54, 1.807) is 19.2 Å². The average molecular weight is 540 g/mol. The predicted molar refractivity (Wildman–Crippen MR) is 133 cm³/mol. The van der Waals surface area contributed by atoms with Crippen LogP contribution in [0.2, 0.25) is 0 Å². The zero-order valence-electron chi connectivity index (χ0n) is 18.0. The van der Waals surface area contributed by atoms with Gasteiger partial charge in [0.15, 0.2) is 0 Å². The van der Waals surface area contributed by atoms with Crippen LogP contribution in [-0.2, 0) is 11.2 Å². The van der Waals surface area contributed by atoms with Gasteiger partial charge in [-0.15, -0.1) is 0 Å². The Bertz CT molecular complexity index is 1220. The second-order valence-corrected chi connectivity index (χ2v) is 8.62. The summed E-state index contributed by atoms with van der Waals surface area (Å²) >= 11 is 2.24. The van der Waals surface area contributed by atoms with Crippen LogP contribution in [0.5, 0.6) is 5.75 Å². The Labute approximate surface area is 200 Å². The monoisotopic (exact) mass is 540 g/mol. The maximum Gasteiger partial charge on any atom is 0.266 e. The molecule has 0 saturated heterocycles. The van der Waals surface area contributed by atoms with E-state index in [0.29, 0.717) is 17.7 Å². The molecule has 3 rings (SSSR count). The van der Waals surface area contributed by atoms with E-state index in [2.05, 4.69) is 60.0 Å². The number of ether oxygens (including phenoxy) is 1. The Morgan fingerprint density at radius 3 is 2.47 bits per heavy atom. The summed E-state index contributed by atoms with van der Waals surface area (Å²) in [6, 6.07) is 17.8. The number of halogens is 2. The van der Waals surface area contributed by atoms with E-state index in [-0.39, 0.29) is 11.3 Å². The number of rotatable bonds is 6. The Morgan fingerprint density at radius 1 is 1.16 bits per heavy atom. The first-order valence-corrected chi connectivity index (χ1v) is 11.0. The van der Waals surface area contributed by atoms with E-state index in [1.807, 2.05) is 12.1 Å². The van der Waals surface area contributed by atoms with Gasteiger partial charge in [-0.2, -0.15) is 5.26 Å². The molecular formula is C26H22FIN2O2. The number of aryl methyl sites for hydroxylation is 2. The van der Waals surface area contributed by atoms with Crippen molar-refractivity contribution in [3.05, 3.63) is 97.4 Å². The first-order valence-electron chi connectivity index (χ1n) is 9.92. The first-order chi connectivity index (χ1) is 15.3. The minimum atomic E-state index is -0.675. The van der Waals surface area contributed by atoms with E-state index >= 15 is 0 Å². The molecule has 0 radical (unpaired) electrons. The number of nitrogens with one attached hydrogen (secondary N) is 1. The van der Waals surface area contributed by atoms with Crippen molar-refractivity contribution in [3.8, 4) is 11.8 Å². The molecule has 0 heterocycles. The number of carbonyl (C=O) groups is 1. The average Bonchev–Trinajstić information content (AvgIpc) is 2.74. The highest BCUT2D eigenvalue weighted by Crippen LogP contribution is 2.30. The van der Waals surface area contributed by atoms with Gasteiger partial charge in [0.2, 0.25) is 0 Å². The van der Waals surface area contributed by atoms with Crippen molar-refractivity contribution < 1.29 is 13.9 Å². The highest BCUT2D eigenvalue weighted by molar-refractivity contribution is 14.1. The highest BCUT2D eigenvalue weighted by Gasteiger charge is 2.15. The molecule has 0 fully saturated rings. The molecule has 0 saturated carbocycles. The fourth-order valence-electron chi connectivity index (χ4n) is 3.51. The van der Waals surface area contributed by atoms with E-state index < -0.39 is 11.7 Å². The van der Waals surface area contributed by atoms with Crippen LogP contribution in [0.3, 0.4) is 0 Å². The summed E-state index contributed by atoms with van der Waals surface area (Å²) in [5.41, 5.74) is 5.16. The standard InChI is InChI=1S/C26H22FIN2O2/c1-16-8-17(2)10-18(9-16)12-21-23(28)13-19(14-25(21)32-3)11-20(15-29)26(31)30-24-7-5-4-6-22(24)27/h4-11,13-14H,12H2,1-3H3,(H,30,31)/b20-11+. The van der Waals surface area contributed by atoms with Gasteiger partial charge in [0.05, 0.1) is 12.8 Å². The third-order valence-corrected chi connectivity index (χ3v) is 5.82. The van der Waals surface area contributed by atoms with Gasteiger partial charge in [-0.1, -0.05) is 41.5 Å². The normalized spacial score (nSPS) is 11.1. The summed E-state index contributed by atoms with van der Waals surface area (Å²) in [7, 11) is 1.60. The smallest absolute Gasteiger partial charge is 0.266 e. The number of amides is 1. The second kappa shape index (κ2) is 10.4. The fourth-order valence-corrected chi connectivity index (χ4v) is 4.33. The minimum absolute atomic E-state index is 0.0228. The van der Waals surface area contributed by atoms with E-state index in [1.165, 1.54) is 41.0 Å². The largest absolute Gasteiger partial charge is 0.496 e. The number of benzene rings is 3. The summed E-state index contributed by atoms with van der Waals surface area (Å²) in [5, 5.41) is 11.9. The molecule has 0 spiro atoms. The quantitative estimate of drug-likeness (QED) is 0.230. The van der Waals surface area contributed by atoms with Crippen molar-refractivity contribution in [2.75, 3.05) is 12.4 Å². The third-order valence-electron chi connectivity index (χ3n) is 4.86. The first kappa shape index (κ1) is 23.5. The molecule has 0 bridgehead atoms. The molecule has 0 aliphatic rings. The Hall–Kier alpha value is -3.18. The molecule has 162 valence electrons. The van der Waals surface area contributed by atoms with Crippen LogP contribution in [0.1, 0.15) is 27.8 Å². The molecule has 0 atom stereocenters. The van der Waals surface area contributed by atoms with Crippen LogP contribution < -0.4 is 10.1 Å². The third kappa shape index (κ3) is 5.74. The number of hydrogen-bond acceptors (Lipinski definition) is 3. The minimum Gasteiger partial charge on any atom is -0.496 e. The van der Waals surface area contributed by atoms with Gasteiger partial charge in [0.1, 0.15) is 23.2 Å². The number of hydrogen-bond donors (Lipinski definition) is 1. The summed E-state index contributed by atoms with van der Waals surface area (Å²) < 4.78 is 20.4. The molecule has 3 aromatic carbocycles. The van der Waals surface area contributed by atoms with Crippen LogP contribution in [0, 0.1) is 34.6 Å². The number of nitriles is 1. The van der Waals surface area contributed by atoms with Crippen molar-refractivity contribution in [1.29, 1.82) is 5.26 Å². The molecule has 6 heteroatoms. The topological polar surface area (TPSA) is 62.1 Å². The lowest BCUT2D eigenvalue weighted by atomic mass is 9.98. The van der Waals surface area contributed by atoms with E-state index in [4.69, 9.17) is 4.74 Å². The van der Waals surface area contributed by atoms with E-state index in [9.17, 15) is 14.4 Å². The molecule has 4 nitrogen and oxygen atoms in total. The zero-order valence-corrected chi connectivity index (χ0v) is 20.2.